The Morgan fingerprint density at radius 2 is 2.06 bits per heavy atom. The van der Waals surface area contributed by atoms with Gasteiger partial charge in [-0.1, -0.05) is 12.1 Å². The fraction of sp³-hybridized carbons (Fsp3) is 0.273. The number of fused-ring (bicyclic) bond motifs is 1. The Morgan fingerprint density at radius 3 is 2.65 bits per heavy atom. The van der Waals surface area contributed by atoms with E-state index in [1.165, 1.54) is 18.2 Å². The lowest BCUT2D eigenvalue weighted by Crippen LogP contribution is -2.37. The molecule has 5 nitrogen and oxygen atoms in total. The van der Waals surface area contributed by atoms with Crippen LogP contribution in [0.3, 0.4) is 0 Å². The smallest absolute Gasteiger partial charge is 0.407 e. The van der Waals surface area contributed by atoms with Gasteiger partial charge < -0.3 is 15.1 Å². The van der Waals surface area contributed by atoms with Gasteiger partial charge in [-0.15, -0.1) is 0 Å². The molecule has 2 rings (SSSR count). The van der Waals surface area contributed by atoms with Gasteiger partial charge in [-0.25, -0.2) is 14.0 Å². The van der Waals surface area contributed by atoms with E-state index in [1.807, 2.05) is 0 Å². The number of hydrogen-bond donors (Lipinski definition) is 2. The van der Waals surface area contributed by atoms with E-state index < -0.39 is 18.2 Å². The number of carboxylic acid groups (broad SMARTS) is 2. The molecule has 0 bridgehead atoms. The van der Waals surface area contributed by atoms with Gasteiger partial charge in [0, 0.05) is 0 Å². The number of benzene rings is 1. The van der Waals surface area contributed by atoms with Crippen LogP contribution in [0.25, 0.3) is 0 Å². The number of alkyl halides is 1. The highest BCUT2D eigenvalue weighted by Gasteiger charge is 2.30. The van der Waals surface area contributed by atoms with Crippen molar-refractivity contribution in [1.29, 1.82) is 0 Å². The first kappa shape index (κ1) is 11.4. The Kier molecular flexibility index (Phi) is 2.71. The molecule has 0 fully saturated rings. The molecule has 17 heavy (non-hydrogen) atoms. The Bertz CT molecular complexity index is 488. The third kappa shape index (κ3) is 1.93. The molecule has 0 aromatic heterocycles. The second kappa shape index (κ2) is 4.04. The molecule has 1 unspecified atom stereocenters. The topological polar surface area (TPSA) is 77.8 Å². The molecule has 1 amide bonds. The Labute approximate surface area is 96.1 Å². The Balaban J connectivity index is 2.49. The quantitative estimate of drug-likeness (QED) is 0.784. The number of carbonyl (C=O) groups is 2. The molecule has 0 saturated carbocycles. The standard InChI is InChI=1S/C11H10FNO4/c12-9-5-13(11(16)17)4-8-6(9)2-1-3-7(8)10(14)15/h1-3,9H,4-5H2,(H,14,15)(H,16,17). The fourth-order valence-corrected chi connectivity index (χ4v) is 1.97. The summed E-state index contributed by atoms with van der Waals surface area (Å²) < 4.78 is 13.7. The number of rotatable bonds is 1. The summed E-state index contributed by atoms with van der Waals surface area (Å²) in [6, 6.07) is 4.30. The molecular weight excluding hydrogens is 229 g/mol. The Hall–Kier alpha value is -2.11. The highest BCUT2D eigenvalue weighted by atomic mass is 19.1. The molecule has 0 aliphatic carbocycles. The first-order valence-corrected chi connectivity index (χ1v) is 4.97. The molecule has 1 aromatic rings. The molecule has 1 heterocycles. The molecule has 1 aromatic carbocycles. The predicted molar refractivity (Wildman–Crippen MR) is 55.7 cm³/mol. The van der Waals surface area contributed by atoms with Gasteiger partial charge >= 0.3 is 12.1 Å². The van der Waals surface area contributed by atoms with Crippen LogP contribution in [0.2, 0.25) is 0 Å². The largest absolute Gasteiger partial charge is 0.478 e. The van der Waals surface area contributed by atoms with Crippen LogP contribution in [-0.4, -0.2) is 33.7 Å². The minimum atomic E-state index is -1.48. The van der Waals surface area contributed by atoms with Gasteiger partial charge in [-0.05, 0) is 17.2 Å². The van der Waals surface area contributed by atoms with Crippen molar-refractivity contribution in [2.45, 2.75) is 12.7 Å². The minimum Gasteiger partial charge on any atom is -0.478 e. The molecular formula is C11H10FNO4. The third-order valence-electron chi connectivity index (χ3n) is 2.78. The second-order valence-electron chi connectivity index (χ2n) is 3.81. The van der Waals surface area contributed by atoms with Gasteiger partial charge in [0.15, 0.2) is 0 Å². The summed E-state index contributed by atoms with van der Waals surface area (Å²) in [5.41, 5.74) is 0.458. The molecule has 90 valence electrons. The minimum absolute atomic E-state index is 0.0453. The summed E-state index contributed by atoms with van der Waals surface area (Å²) in [5.74, 6) is -1.18. The maximum atomic E-state index is 13.7. The van der Waals surface area contributed by atoms with Gasteiger partial charge in [0.1, 0.15) is 6.17 Å². The zero-order valence-corrected chi connectivity index (χ0v) is 8.76. The third-order valence-corrected chi connectivity index (χ3v) is 2.78. The van der Waals surface area contributed by atoms with E-state index >= 15 is 0 Å². The van der Waals surface area contributed by atoms with Crippen LogP contribution in [0.5, 0.6) is 0 Å². The number of amides is 1. The molecule has 0 spiro atoms. The highest BCUT2D eigenvalue weighted by Crippen LogP contribution is 2.31. The molecule has 1 atom stereocenters. The molecule has 0 radical (unpaired) electrons. The maximum Gasteiger partial charge on any atom is 0.407 e. The van der Waals surface area contributed by atoms with E-state index in [9.17, 15) is 14.0 Å². The Morgan fingerprint density at radius 1 is 1.35 bits per heavy atom. The fourth-order valence-electron chi connectivity index (χ4n) is 1.97. The van der Waals surface area contributed by atoms with E-state index in [1.54, 1.807) is 0 Å². The zero-order valence-electron chi connectivity index (χ0n) is 8.76. The van der Waals surface area contributed by atoms with Crippen molar-refractivity contribution >= 4 is 12.1 Å². The van der Waals surface area contributed by atoms with E-state index in [0.717, 1.165) is 4.90 Å². The molecule has 0 saturated heterocycles. The van der Waals surface area contributed by atoms with Crippen LogP contribution in [0.4, 0.5) is 9.18 Å². The lowest BCUT2D eigenvalue weighted by Gasteiger charge is -2.29. The summed E-state index contributed by atoms with van der Waals surface area (Å²) in [7, 11) is 0. The maximum absolute atomic E-state index is 13.7. The second-order valence-corrected chi connectivity index (χ2v) is 3.81. The SMILES string of the molecule is O=C(O)c1cccc2c1CN(C(=O)O)CC2F. The van der Waals surface area contributed by atoms with Crippen LogP contribution in [-0.2, 0) is 6.54 Å². The van der Waals surface area contributed by atoms with Crippen LogP contribution in [0, 0.1) is 0 Å². The van der Waals surface area contributed by atoms with Gasteiger partial charge in [-0.2, -0.15) is 0 Å². The van der Waals surface area contributed by atoms with Crippen LogP contribution >= 0.6 is 0 Å². The number of carboxylic acids is 1. The average molecular weight is 239 g/mol. The van der Waals surface area contributed by atoms with Gasteiger partial charge in [0.25, 0.3) is 0 Å². The van der Waals surface area contributed by atoms with E-state index in [0.29, 0.717) is 0 Å². The van der Waals surface area contributed by atoms with E-state index in [2.05, 4.69) is 0 Å². The van der Waals surface area contributed by atoms with Crippen molar-refractivity contribution in [3.63, 3.8) is 0 Å². The lowest BCUT2D eigenvalue weighted by molar-refractivity contribution is 0.0689. The zero-order chi connectivity index (χ0) is 12.6. The van der Waals surface area contributed by atoms with Crippen molar-refractivity contribution in [3.05, 3.63) is 34.9 Å². The first-order valence-electron chi connectivity index (χ1n) is 4.97. The van der Waals surface area contributed by atoms with E-state index in [-0.39, 0.29) is 29.8 Å². The van der Waals surface area contributed by atoms with Crippen molar-refractivity contribution in [3.8, 4) is 0 Å². The summed E-state index contributed by atoms with van der Waals surface area (Å²) in [6.07, 6.45) is -2.73. The van der Waals surface area contributed by atoms with Crippen LogP contribution < -0.4 is 0 Å². The number of halogens is 1. The molecule has 1 aliphatic rings. The van der Waals surface area contributed by atoms with E-state index in [4.69, 9.17) is 10.2 Å². The van der Waals surface area contributed by atoms with Crippen molar-refractivity contribution < 1.29 is 24.2 Å². The van der Waals surface area contributed by atoms with Gasteiger partial charge in [0.05, 0.1) is 18.7 Å². The summed E-state index contributed by atoms with van der Waals surface area (Å²) in [6.45, 7) is -0.348. The monoisotopic (exact) mass is 239 g/mol. The molecule has 1 aliphatic heterocycles. The van der Waals surface area contributed by atoms with Crippen molar-refractivity contribution in [2.24, 2.45) is 0 Å². The highest BCUT2D eigenvalue weighted by molar-refractivity contribution is 5.90. The van der Waals surface area contributed by atoms with Crippen LogP contribution in [0.15, 0.2) is 18.2 Å². The number of hydrogen-bond acceptors (Lipinski definition) is 2. The van der Waals surface area contributed by atoms with Gasteiger partial charge in [-0.3, -0.25) is 0 Å². The summed E-state index contributed by atoms with van der Waals surface area (Å²) >= 11 is 0. The predicted octanol–water partition coefficient (Wildman–Crippen LogP) is 1.89. The number of nitrogens with zero attached hydrogens (tertiary/aromatic N) is 1. The van der Waals surface area contributed by atoms with Crippen molar-refractivity contribution in [1.82, 2.24) is 4.90 Å². The average Bonchev–Trinajstić information content (AvgIpc) is 2.27. The van der Waals surface area contributed by atoms with Crippen molar-refractivity contribution in [2.75, 3.05) is 6.54 Å². The summed E-state index contributed by atoms with van der Waals surface area (Å²) in [5, 5.41) is 17.8. The normalized spacial score (nSPS) is 18.6. The lowest BCUT2D eigenvalue weighted by atomic mass is 9.94. The molecule has 6 heteroatoms. The van der Waals surface area contributed by atoms with Crippen LogP contribution in [0.1, 0.15) is 27.7 Å². The molecule has 2 N–H and O–H groups in total. The summed E-state index contributed by atoms with van der Waals surface area (Å²) in [4.78, 5) is 22.6. The van der Waals surface area contributed by atoms with Gasteiger partial charge in [0.2, 0.25) is 0 Å². The number of aromatic carboxylic acids is 1. The first-order chi connectivity index (χ1) is 8.00.